The summed E-state index contributed by atoms with van der Waals surface area (Å²) in [5.41, 5.74) is 5.75. The van der Waals surface area contributed by atoms with Crippen LogP contribution in [0, 0.1) is 13.8 Å². The molecule has 0 atom stereocenters. The number of nitrogens with one attached hydrogen (secondary N) is 1. The van der Waals surface area contributed by atoms with E-state index in [4.69, 9.17) is 4.99 Å². The number of phenols is 1. The molecule has 1 aliphatic carbocycles. The minimum absolute atomic E-state index is 0.0954. The van der Waals surface area contributed by atoms with E-state index in [1.807, 2.05) is 31.2 Å². The van der Waals surface area contributed by atoms with Gasteiger partial charge in [0.05, 0.1) is 14.5 Å². The Morgan fingerprint density at radius 3 is 2.52 bits per heavy atom. The molecule has 0 saturated heterocycles. The molecular formula is C26H26Br2N2O2S. The molecule has 1 amide bonds. The van der Waals surface area contributed by atoms with E-state index < -0.39 is 0 Å². The number of hydrogen-bond donors (Lipinski definition) is 2. The van der Waals surface area contributed by atoms with Crippen LogP contribution in [-0.4, -0.2) is 17.2 Å². The largest absolute Gasteiger partial charge is 0.506 e. The molecule has 7 heteroatoms. The highest BCUT2D eigenvalue weighted by atomic mass is 79.9. The van der Waals surface area contributed by atoms with Crippen molar-refractivity contribution in [2.24, 2.45) is 4.99 Å². The third kappa shape index (κ3) is 5.42. The number of halogens is 2. The van der Waals surface area contributed by atoms with Crippen molar-refractivity contribution in [3.05, 3.63) is 72.0 Å². The predicted molar refractivity (Wildman–Crippen MR) is 145 cm³/mol. The standard InChI is InChI=1S/C26H26Br2N2O2S/c1-15-8-7-10-21(16(15)2)30-25(32)23-18-9-5-3-4-6-11-22(18)33-26(23)29-14-17-12-19(27)24(31)20(28)13-17/h7-8,10,12-14,31H,3-6,9,11H2,1-2H3,(H,30,32). The predicted octanol–water partition coefficient (Wildman–Crippen LogP) is 8.26. The van der Waals surface area contributed by atoms with E-state index in [1.54, 1.807) is 17.6 Å². The van der Waals surface area contributed by atoms with Crippen LogP contribution in [-0.2, 0) is 12.8 Å². The number of benzene rings is 2. The Morgan fingerprint density at radius 2 is 1.79 bits per heavy atom. The number of aromatic hydroxyl groups is 1. The normalized spacial score (nSPS) is 14.1. The molecule has 4 nitrogen and oxygen atoms in total. The van der Waals surface area contributed by atoms with Crippen LogP contribution in [0.1, 0.15) is 63.2 Å². The number of anilines is 1. The number of phenolic OH excluding ortho intramolecular Hbond substituents is 1. The van der Waals surface area contributed by atoms with Crippen molar-refractivity contribution in [2.75, 3.05) is 5.32 Å². The smallest absolute Gasteiger partial charge is 0.259 e. The molecule has 0 radical (unpaired) electrons. The topological polar surface area (TPSA) is 61.7 Å². The van der Waals surface area contributed by atoms with Gasteiger partial charge in [-0.3, -0.25) is 4.79 Å². The number of nitrogens with zero attached hydrogens (tertiary/aromatic N) is 1. The molecule has 2 aromatic carbocycles. The van der Waals surface area contributed by atoms with Gasteiger partial charge in [0.2, 0.25) is 0 Å². The Hall–Kier alpha value is -1.96. The molecule has 3 aromatic rings. The zero-order valence-corrected chi connectivity index (χ0v) is 22.7. The monoisotopic (exact) mass is 588 g/mol. The maximum Gasteiger partial charge on any atom is 0.259 e. The third-order valence-corrected chi connectivity index (χ3v) is 8.51. The second-order valence-corrected chi connectivity index (χ2v) is 11.2. The van der Waals surface area contributed by atoms with Gasteiger partial charge in [0, 0.05) is 16.8 Å². The van der Waals surface area contributed by atoms with Crippen LogP contribution in [0.2, 0.25) is 0 Å². The van der Waals surface area contributed by atoms with E-state index in [9.17, 15) is 9.90 Å². The van der Waals surface area contributed by atoms with E-state index in [1.165, 1.54) is 17.7 Å². The highest BCUT2D eigenvalue weighted by Crippen LogP contribution is 2.40. The number of hydrogen-bond acceptors (Lipinski definition) is 4. The molecule has 4 rings (SSSR count). The Balaban J connectivity index is 1.74. The molecule has 0 aliphatic heterocycles. The molecule has 0 unspecified atom stereocenters. The maximum atomic E-state index is 13.6. The van der Waals surface area contributed by atoms with Crippen LogP contribution in [0.25, 0.3) is 0 Å². The first-order valence-corrected chi connectivity index (χ1v) is 13.5. The first-order chi connectivity index (χ1) is 15.8. The van der Waals surface area contributed by atoms with Crippen LogP contribution >= 0.6 is 43.2 Å². The van der Waals surface area contributed by atoms with Crippen LogP contribution in [0.5, 0.6) is 5.75 Å². The van der Waals surface area contributed by atoms with Crippen LogP contribution < -0.4 is 5.32 Å². The average molecular weight is 590 g/mol. The lowest BCUT2D eigenvalue weighted by atomic mass is 9.96. The molecule has 0 saturated carbocycles. The van der Waals surface area contributed by atoms with Gasteiger partial charge in [0.25, 0.3) is 5.91 Å². The summed E-state index contributed by atoms with van der Waals surface area (Å²) in [4.78, 5) is 19.6. The number of carbonyl (C=O) groups excluding carboxylic acids is 1. The Morgan fingerprint density at radius 1 is 1.09 bits per heavy atom. The first-order valence-electron chi connectivity index (χ1n) is 11.1. The van der Waals surface area contributed by atoms with Crippen molar-refractivity contribution in [1.82, 2.24) is 0 Å². The van der Waals surface area contributed by atoms with Crippen molar-refractivity contribution in [2.45, 2.75) is 52.4 Å². The second-order valence-electron chi connectivity index (χ2n) is 8.39. The Bertz CT molecular complexity index is 1210. The van der Waals surface area contributed by atoms with E-state index in [0.29, 0.717) is 14.5 Å². The molecule has 172 valence electrons. The lowest BCUT2D eigenvalue weighted by molar-refractivity contribution is 0.102. The second kappa shape index (κ2) is 10.5. The number of aliphatic imine (C=N–C) groups is 1. The summed E-state index contributed by atoms with van der Waals surface area (Å²) in [6.07, 6.45) is 8.32. The van der Waals surface area contributed by atoms with Crippen LogP contribution in [0.3, 0.4) is 0 Å². The number of fused-ring (bicyclic) bond motifs is 1. The fourth-order valence-electron chi connectivity index (χ4n) is 4.09. The van der Waals surface area contributed by atoms with Crippen molar-refractivity contribution < 1.29 is 9.90 Å². The molecule has 2 N–H and O–H groups in total. The summed E-state index contributed by atoms with van der Waals surface area (Å²) in [5, 5.41) is 13.9. The highest BCUT2D eigenvalue weighted by molar-refractivity contribution is 9.11. The number of rotatable bonds is 4. The van der Waals surface area contributed by atoms with Crippen LogP contribution in [0.15, 0.2) is 44.3 Å². The van der Waals surface area contributed by atoms with Gasteiger partial charge < -0.3 is 10.4 Å². The number of carbonyl (C=O) groups is 1. The molecular weight excluding hydrogens is 564 g/mol. The molecule has 0 fully saturated rings. The number of amides is 1. The zero-order chi connectivity index (χ0) is 23.5. The van der Waals surface area contributed by atoms with Gasteiger partial charge in [-0.2, -0.15) is 0 Å². The summed E-state index contributed by atoms with van der Waals surface area (Å²) < 4.78 is 1.18. The van der Waals surface area contributed by atoms with Crippen LogP contribution in [0.4, 0.5) is 10.7 Å². The number of aryl methyl sites for hydroxylation is 2. The molecule has 1 aliphatic rings. The quantitative estimate of drug-likeness (QED) is 0.301. The SMILES string of the molecule is Cc1cccc(NC(=O)c2c(N=Cc3cc(Br)c(O)c(Br)c3)sc3c2CCCCCC3)c1C. The summed E-state index contributed by atoms with van der Waals surface area (Å²) in [7, 11) is 0. The average Bonchev–Trinajstić information content (AvgIpc) is 3.10. The van der Waals surface area contributed by atoms with Gasteiger partial charge in [-0.1, -0.05) is 25.0 Å². The van der Waals surface area contributed by atoms with Gasteiger partial charge in [-0.25, -0.2) is 4.99 Å². The molecule has 0 spiro atoms. The molecule has 1 aromatic heterocycles. The summed E-state index contributed by atoms with van der Waals surface area (Å²) in [5.74, 6) is 0.0572. The summed E-state index contributed by atoms with van der Waals surface area (Å²) in [6.45, 7) is 4.08. The lowest BCUT2D eigenvalue weighted by Gasteiger charge is -2.13. The van der Waals surface area contributed by atoms with Gasteiger partial charge in [0.1, 0.15) is 10.8 Å². The Labute approximate surface area is 215 Å². The zero-order valence-electron chi connectivity index (χ0n) is 18.7. The van der Waals surface area contributed by atoms with E-state index in [-0.39, 0.29) is 11.7 Å². The van der Waals surface area contributed by atoms with Gasteiger partial charge >= 0.3 is 0 Å². The Kier molecular flexibility index (Phi) is 7.72. The summed E-state index contributed by atoms with van der Waals surface area (Å²) >= 11 is 8.37. The minimum atomic E-state index is -0.0954. The van der Waals surface area contributed by atoms with E-state index in [0.717, 1.165) is 58.6 Å². The first kappa shape index (κ1) is 24.2. The van der Waals surface area contributed by atoms with Crippen molar-refractivity contribution in [3.8, 4) is 5.75 Å². The van der Waals surface area contributed by atoms with Crippen molar-refractivity contribution in [1.29, 1.82) is 0 Å². The maximum absolute atomic E-state index is 13.6. The van der Waals surface area contributed by atoms with Gasteiger partial charge in [0.15, 0.2) is 0 Å². The minimum Gasteiger partial charge on any atom is -0.506 e. The molecule has 1 heterocycles. The third-order valence-electron chi connectivity index (χ3n) is 6.10. The van der Waals surface area contributed by atoms with Gasteiger partial charge in [-0.15, -0.1) is 11.3 Å². The summed E-state index contributed by atoms with van der Waals surface area (Å²) in [6, 6.07) is 9.58. The fraction of sp³-hybridized carbons (Fsp3) is 0.308. The van der Waals surface area contributed by atoms with Gasteiger partial charge in [-0.05, 0) is 112 Å². The fourth-order valence-corrected chi connectivity index (χ4v) is 6.55. The van der Waals surface area contributed by atoms with Crippen molar-refractivity contribution >= 4 is 66.0 Å². The molecule has 33 heavy (non-hydrogen) atoms. The lowest BCUT2D eigenvalue weighted by Crippen LogP contribution is -2.15. The highest BCUT2D eigenvalue weighted by Gasteiger charge is 2.24. The van der Waals surface area contributed by atoms with Crippen molar-refractivity contribution in [3.63, 3.8) is 0 Å². The van der Waals surface area contributed by atoms with E-state index in [2.05, 4.69) is 50.2 Å². The van der Waals surface area contributed by atoms with E-state index >= 15 is 0 Å². The number of thiophene rings is 1. The molecule has 0 bridgehead atoms.